The van der Waals surface area contributed by atoms with Crippen molar-refractivity contribution in [2.75, 3.05) is 25.7 Å². The van der Waals surface area contributed by atoms with Crippen molar-refractivity contribution in [2.24, 2.45) is 0 Å². The lowest BCUT2D eigenvalue weighted by Gasteiger charge is -2.19. The zero-order valence-electron chi connectivity index (χ0n) is 14.3. The quantitative estimate of drug-likeness (QED) is 0.844. The summed E-state index contributed by atoms with van der Waals surface area (Å²) in [6.45, 7) is 1.99. The first-order valence-electron chi connectivity index (χ1n) is 7.92. The number of carbonyl (C=O) groups is 1. The molecular formula is C19H19F2NO3. The number of rotatable bonds is 4. The minimum absolute atomic E-state index is 0.126. The predicted molar refractivity (Wildman–Crippen MR) is 90.4 cm³/mol. The highest BCUT2D eigenvalue weighted by atomic mass is 19.1. The van der Waals surface area contributed by atoms with Crippen molar-refractivity contribution in [3.63, 3.8) is 0 Å². The van der Waals surface area contributed by atoms with E-state index in [9.17, 15) is 13.6 Å². The van der Waals surface area contributed by atoms with Crippen LogP contribution in [-0.2, 0) is 4.79 Å². The molecule has 1 atom stereocenters. The van der Waals surface area contributed by atoms with Gasteiger partial charge in [0.2, 0.25) is 5.91 Å². The number of nitrogens with zero attached hydrogens (tertiary/aromatic N) is 1. The van der Waals surface area contributed by atoms with Gasteiger partial charge in [-0.2, -0.15) is 0 Å². The molecule has 25 heavy (non-hydrogen) atoms. The van der Waals surface area contributed by atoms with Crippen LogP contribution in [0.25, 0.3) is 0 Å². The van der Waals surface area contributed by atoms with Gasteiger partial charge in [0.05, 0.1) is 19.9 Å². The standard InChI is InChI=1S/C19H19F2NO3/c1-11-6-14(25-3)8-16(21)19(11)12-7-18(23)22(10-12)17-9-13(24-2)4-5-15(17)20/h4-6,8-9,12H,7,10H2,1-3H3/t12-/m0/s1. The minimum Gasteiger partial charge on any atom is -0.497 e. The smallest absolute Gasteiger partial charge is 0.227 e. The Morgan fingerprint density at radius 2 is 1.76 bits per heavy atom. The molecule has 0 saturated carbocycles. The molecule has 0 spiro atoms. The van der Waals surface area contributed by atoms with Gasteiger partial charge in [0.15, 0.2) is 0 Å². The summed E-state index contributed by atoms with van der Waals surface area (Å²) >= 11 is 0. The van der Waals surface area contributed by atoms with Crippen molar-refractivity contribution >= 4 is 11.6 Å². The summed E-state index contributed by atoms with van der Waals surface area (Å²) in [6, 6.07) is 7.27. The van der Waals surface area contributed by atoms with Crippen LogP contribution < -0.4 is 14.4 Å². The number of amides is 1. The lowest BCUT2D eigenvalue weighted by Crippen LogP contribution is -2.25. The summed E-state index contributed by atoms with van der Waals surface area (Å²) in [7, 11) is 2.95. The van der Waals surface area contributed by atoms with E-state index in [-0.39, 0.29) is 30.5 Å². The molecule has 1 saturated heterocycles. The normalized spacial score (nSPS) is 17.1. The van der Waals surface area contributed by atoms with Crippen molar-refractivity contribution < 1.29 is 23.0 Å². The van der Waals surface area contributed by atoms with Gasteiger partial charge >= 0.3 is 0 Å². The third-order valence-corrected chi connectivity index (χ3v) is 4.52. The van der Waals surface area contributed by atoms with E-state index in [4.69, 9.17) is 9.47 Å². The number of carbonyl (C=O) groups excluding carboxylic acids is 1. The first kappa shape index (κ1) is 17.2. The van der Waals surface area contributed by atoms with Gasteiger partial charge in [-0.3, -0.25) is 4.79 Å². The Bertz CT molecular complexity index is 799. The van der Waals surface area contributed by atoms with E-state index in [2.05, 4.69) is 0 Å². The third kappa shape index (κ3) is 3.16. The largest absolute Gasteiger partial charge is 0.497 e. The van der Waals surface area contributed by atoms with Gasteiger partial charge in [-0.25, -0.2) is 8.78 Å². The molecule has 3 rings (SSSR count). The molecule has 1 fully saturated rings. The predicted octanol–water partition coefficient (Wildman–Crippen LogP) is 3.81. The summed E-state index contributed by atoms with van der Waals surface area (Å²) in [5.41, 5.74) is 1.33. The zero-order valence-corrected chi connectivity index (χ0v) is 14.3. The molecule has 0 aromatic heterocycles. The zero-order chi connectivity index (χ0) is 18.1. The van der Waals surface area contributed by atoms with Crippen molar-refractivity contribution in [3.05, 3.63) is 53.1 Å². The number of anilines is 1. The van der Waals surface area contributed by atoms with Gasteiger partial charge in [-0.05, 0) is 36.2 Å². The molecule has 1 amide bonds. The molecule has 2 aromatic carbocycles. The molecule has 0 radical (unpaired) electrons. The van der Waals surface area contributed by atoms with Gasteiger partial charge in [-0.1, -0.05) is 0 Å². The average molecular weight is 347 g/mol. The van der Waals surface area contributed by atoms with E-state index in [1.165, 1.54) is 43.4 Å². The Morgan fingerprint density at radius 1 is 1.04 bits per heavy atom. The number of aryl methyl sites for hydroxylation is 1. The van der Waals surface area contributed by atoms with Crippen LogP contribution >= 0.6 is 0 Å². The van der Waals surface area contributed by atoms with Crippen LogP contribution in [0.4, 0.5) is 14.5 Å². The number of methoxy groups -OCH3 is 2. The van der Waals surface area contributed by atoms with Gasteiger partial charge in [0.1, 0.15) is 23.1 Å². The summed E-state index contributed by atoms with van der Waals surface area (Å²) < 4.78 is 38.8. The van der Waals surface area contributed by atoms with Crippen molar-refractivity contribution in [1.29, 1.82) is 0 Å². The third-order valence-electron chi connectivity index (χ3n) is 4.52. The van der Waals surface area contributed by atoms with E-state index >= 15 is 0 Å². The van der Waals surface area contributed by atoms with Crippen LogP contribution in [0.5, 0.6) is 11.5 Å². The van der Waals surface area contributed by atoms with Crippen molar-refractivity contribution in [1.82, 2.24) is 0 Å². The first-order valence-corrected chi connectivity index (χ1v) is 7.92. The highest BCUT2D eigenvalue weighted by Gasteiger charge is 2.35. The monoisotopic (exact) mass is 347 g/mol. The summed E-state index contributed by atoms with van der Waals surface area (Å²) in [5, 5.41) is 0. The van der Waals surface area contributed by atoms with E-state index in [0.29, 0.717) is 22.6 Å². The summed E-state index contributed by atoms with van der Waals surface area (Å²) in [5.74, 6) is -0.627. The molecule has 1 aliphatic heterocycles. The van der Waals surface area contributed by atoms with Crippen molar-refractivity contribution in [3.8, 4) is 11.5 Å². The van der Waals surface area contributed by atoms with Gasteiger partial charge in [0.25, 0.3) is 0 Å². The molecule has 6 heteroatoms. The van der Waals surface area contributed by atoms with Crippen LogP contribution in [-0.4, -0.2) is 26.7 Å². The van der Waals surface area contributed by atoms with Crippen LogP contribution in [0.3, 0.4) is 0 Å². The van der Waals surface area contributed by atoms with Gasteiger partial charge in [-0.15, -0.1) is 0 Å². The Morgan fingerprint density at radius 3 is 2.40 bits per heavy atom. The van der Waals surface area contributed by atoms with Crippen LogP contribution in [0, 0.1) is 18.6 Å². The van der Waals surface area contributed by atoms with Gasteiger partial charge < -0.3 is 14.4 Å². The summed E-state index contributed by atoms with van der Waals surface area (Å²) in [4.78, 5) is 13.8. The lowest BCUT2D eigenvalue weighted by atomic mass is 9.93. The highest BCUT2D eigenvalue weighted by Crippen LogP contribution is 2.37. The van der Waals surface area contributed by atoms with Crippen LogP contribution in [0.2, 0.25) is 0 Å². The molecule has 0 bridgehead atoms. The number of halogens is 2. The lowest BCUT2D eigenvalue weighted by molar-refractivity contribution is -0.117. The maximum Gasteiger partial charge on any atom is 0.227 e. The highest BCUT2D eigenvalue weighted by molar-refractivity contribution is 5.96. The first-order chi connectivity index (χ1) is 11.9. The number of benzene rings is 2. The Balaban J connectivity index is 1.94. The molecule has 132 valence electrons. The number of hydrogen-bond donors (Lipinski definition) is 0. The Kier molecular flexibility index (Phi) is 4.61. The maximum atomic E-state index is 14.5. The van der Waals surface area contributed by atoms with Crippen LogP contribution in [0.15, 0.2) is 30.3 Å². The second-order valence-corrected chi connectivity index (χ2v) is 6.06. The van der Waals surface area contributed by atoms with E-state index < -0.39 is 11.6 Å². The van der Waals surface area contributed by atoms with Crippen LogP contribution in [0.1, 0.15) is 23.5 Å². The molecule has 0 N–H and O–H groups in total. The minimum atomic E-state index is -0.512. The second-order valence-electron chi connectivity index (χ2n) is 6.06. The fraction of sp³-hybridized carbons (Fsp3) is 0.316. The molecule has 1 heterocycles. The molecule has 4 nitrogen and oxygen atoms in total. The summed E-state index contributed by atoms with van der Waals surface area (Å²) in [6.07, 6.45) is 0.126. The fourth-order valence-electron chi connectivity index (χ4n) is 3.32. The van der Waals surface area contributed by atoms with Gasteiger partial charge in [0, 0.05) is 31.0 Å². The molecule has 0 unspecified atom stereocenters. The number of hydrogen-bond acceptors (Lipinski definition) is 3. The van der Waals surface area contributed by atoms with E-state index in [1.807, 2.05) is 0 Å². The Hall–Kier alpha value is -2.63. The fourth-order valence-corrected chi connectivity index (χ4v) is 3.32. The number of ether oxygens (including phenoxy) is 2. The Labute approximate surface area is 145 Å². The van der Waals surface area contributed by atoms with Crippen molar-refractivity contribution in [2.45, 2.75) is 19.3 Å². The topological polar surface area (TPSA) is 38.8 Å². The average Bonchev–Trinajstić information content (AvgIpc) is 2.95. The molecule has 2 aromatic rings. The second kappa shape index (κ2) is 6.70. The molecular weight excluding hydrogens is 328 g/mol. The molecule has 0 aliphatic carbocycles. The van der Waals surface area contributed by atoms with E-state index in [1.54, 1.807) is 13.0 Å². The molecule has 1 aliphatic rings. The maximum absolute atomic E-state index is 14.5. The SMILES string of the molecule is COc1cc(C)c([C@H]2CC(=O)N(c3cc(OC)ccc3F)C2)c(F)c1. The van der Waals surface area contributed by atoms with E-state index in [0.717, 1.165) is 0 Å².